The lowest BCUT2D eigenvalue weighted by Gasteiger charge is -2.10. The molecular weight excluding hydrogens is 380 g/mol. The molecule has 0 aliphatic heterocycles. The molecule has 1 saturated carbocycles. The third-order valence-electron chi connectivity index (χ3n) is 6.72. The zero-order valence-electron chi connectivity index (χ0n) is 17.4. The Labute approximate surface area is 178 Å². The number of amides is 1. The molecule has 0 radical (unpaired) electrons. The fourth-order valence-corrected chi connectivity index (χ4v) is 5.18. The zero-order valence-corrected chi connectivity index (χ0v) is 18.2. The molecular formula is C25H29ClN2O. The van der Waals surface area contributed by atoms with Gasteiger partial charge in [0.2, 0.25) is 5.91 Å². The number of hydrogen-bond acceptors (Lipinski definition) is 1. The van der Waals surface area contributed by atoms with E-state index in [1.807, 2.05) is 0 Å². The summed E-state index contributed by atoms with van der Waals surface area (Å²) in [7, 11) is 0. The highest BCUT2D eigenvalue weighted by atomic mass is 35.5. The molecule has 3 aromatic rings. The summed E-state index contributed by atoms with van der Waals surface area (Å²) >= 11 is 5.60. The second-order valence-corrected chi connectivity index (χ2v) is 9.03. The third kappa shape index (κ3) is 3.69. The lowest BCUT2D eigenvalue weighted by molar-refractivity contribution is -0.118. The maximum absolute atomic E-state index is 11.5. The number of alkyl halides is 1. The number of carbonyl (C=O) groups excluding carboxylic acids is 1. The van der Waals surface area contributed by atoms with Crippen molar-refractivity contribution < 1.29 is 4.79 Å². The van der Waals surface area contributed by atoms with Crippen LogP contribution in [0.1, 0.15) is 43.0 Å². The molecule has 0 unspecified atom stereocenters. The Morgan fingerprint density at radius 2 is 1.79 bits per heavy atom. The number of rotatable bonds is 7. The molecule has 1 aromatic heterocycles. The fourth-order valence-electron chi connectivity index (χ4n) is 5.09. The topological polar surface area (TPSA) is 34.0 Å². The summed E-state index contributed by atoms with van der Waals surface area (Å²) in [6.07, 6.45) is 0.984. The van der Waals surface area contributed by atoms with Gasteiger partial charge in [-0.1, -0.05) is 62.4 Å². The second-order valence-electron chi connectivity index (χ2n) is 8.77. The van der Waals surface area contributed by atoms with E-state index < -0.39 is 0 Å². The van der Waals surface area contributed by atoms with E-state index >= 15 is 0 Å². The van der Waals surface area contributed by atoms with Crippen molar-refractivity contribution >= 4 is 28.4 Å². The second kappa shape index (κ2) is 7.87. The van der Waals surface area contributed by atoms with Gasteiger partial charge in [0.05, 0.1) is 0 Å². The van der Waals surface area contributed by atoms with Crippen molar-refractivity contribution in [1.29, 1.82) is 0 Å². The summed E-state index contributed by atoms with van der Waals surface area (Å²) in [5.74, 6) is 1.02. The van der Waals surface area contributed by atoms with Crippen LogP contribution in [0.5, 0.6) is 0 Å². The lowest BCUT2D eigenvalue weighted by atomic mass is 10.0. The zero-order chi connectivity index (χ0) is 20.6. The largest absolute Gasteiger partial charge is 0.355 e. The van der Waals surface area contributed by atoms with E-state index in [4.69, 9.17) is 11.6 Å². The molecule has 1 heterocycles. The fraction of sp³-hybridized carbons (Fsp3) is 0.400. The first-order valence-electron chi connectivity index (χ1n) is 10.4. The van der Waals surface area contributed by atoms with Gasteiger partial charge in [-0.15, -0.1) is 11.6 Å². The van der Waals surface area contributed by atoms with Crippen molar-refractivity contribution in [3.05, 3.63) is 71.4 Å². The van der Waals surface area contributed by atoms with Gasteiger partial charge in [0.15, 0.2) is 0 Å². The molecule has 2 atom stereocenters. The van der Waals surface area contributed by atoms with Gasteiger partial charge in [-0.2, -0.15) is 0 Å². The molecule has 1 fully saturated rings. The van der Waals surface area contributed by atoms with Crippen LogP contribution in [0.4, 0.5) is 0 Å². The summed E-state index contributed by atoms with van der Waals surface area (Å²) in [6.45, 7) is 8.55. The van der Waals surface area contributed by atoms with E-state index in [0.717, 1.165) is 13.0 Å². The normalized spacial score (nSPS) is 20.0. The molecule has 4 rings (SSSR count). The Morgan fingerprint density at radius 1 is 1.10 bits per heavy atom. The van der Waals surface area contributed by atoms with E-state index in [-0.39, 0.29) is 17.2 Å². The quantitative estimate of drug-likeness (QED) is 0.516. The Hall–Kier alpha value is -2.26. The number of carbonyl (C=O) groups is 1. The average molecular weight is 409 g/mol. The van der Waals surface area contributed by atoms with Crippen LogP contribution in [0.3, 0.4) is 0 Å². The number of benzene rings is 2. The van der Waals surface area contributed by atoms with Gasteiger partial charge in [-0.3, -0.25) is 4.79 Å². The van der Waals surface area contributed by atoms with Gasteiger partial charge in [0.25, 0.3) is 0 Å². The minimum absolute atomic E-state index is 0.0313. The average Bonchev–Trinajstić information content (AvgIpc) is 3.14. The number of nitrogens with one attached hydrogen (secondary N) is 1. The van der Waals surface area contributed by atoms with E-state index in [0.29, 0.717) is 18.4 Å². The summed E-state index contributed by atoms with van der Waals surface area (Å²) in [5.41, 5.74) is 5.70. The maximum atomic E-state index is 11.5. The smallest absolute Gasteiger partial charge is 0.234 e. The highest BCUT2D eigenvalue weighted by molar-refractivity contribution is 6.27. The Bertz CT molecular complexity index is 1020. The van der Waals surface area contributed by atoms with Crippen molar-refractivity contribution in [3.8, 4) is 0 Å². The van der Waals surface area contributed by atoms with Gasteiger partial charge < -0.3 is 9.88 Å². The molecule has 0 saturated heterocycles. The number of halogens is 1. The molecule has 1 N–H and O–H groups in total. The molecule has 29 heavy (non-hydrogen) atoms. The summed E-state index contributed by atoms with van der Waals surface area (Å²) < 4.78 is 2.46. The predicted octanol–water partition coefficient (Wildman–Crippen LogP) is 5.48. The van der Waals surface area contributed by atoms with E-state index in [2.05, 4.69) is 85.3 Å². The summed E-state index contributed by atoms with van der Waals surface area (Å²) in [6, 6.07) is 19.4. The van der Waals surface area contributed by atoms with Crippen molar-refractivity contribution in [1.82, 2.24) is 9.88 Å². The van der Waals surface area contributed by atoms with Gasteiger partial charge in [0.1, 0.15) is 5.88 Å². The number of para-hydroxylation sites is 1. The monoisotopic (exact) mass is 408 g/mol. The van der Waals surface area contributed by atoms with Gasteiger partial charge in [-0.25, -0.2) is 0 Å². The van der Waals surface area contributed by atoms with Gasteiger partial charge in [-0.05, 0) is 47.8 Å². The summed E-state index contributed by atoms with van der Waals surface area (Å²) in [4.78, 5) is 11.5. The van der Waals surface area contributed by atoms with Crippen molar-refractivity contribution in [2.24, 2.45) is 11.3 Å². The molecule has 0 bridgehead atoms. The molecule has 4 heteroatoms. The molecule has 1 amide bonds. The number of hydrogen-bond donors (Lipinski definition) is 1. The van der Waals surface area contributed by atoms with Crippen LogP contribution in [-0.4, -0.2) is 22.9 Å². The predicted molar refractivity (Wildman–Crippen MR) is 121 cm³/mol. The number of fused-ring (bicyclic) bond motifs is 1. The number of nitrogens with zero attached hydrogens (tertiary/aromatic N) is 1. The van der Waals surface area contributed by atoms with Gasteiger partial charge >= 0.3 is 0 Å². The van der Waals surface area contributed by atoms with E-state index in [1.54, 1.807) is 0 Å². The van der Waals surface area contributed by atoms with Crippen molar-refractivity contribution in [2.45, 2.75) is 39.7 Å². The Balaban J connectivity index is 1.66. The maximum Gasteiger partial charge on any atom is 0.234 e. The first-order valence-corrected chi connectivity index (χ1v) is 10.9. The molecule has 152 valence electrons. The molecule has 0 spiro atoms. The standard InChI is InChI=1S/C25H29ClN2O/c1-17-23(24-20(25(24,2)3)13-14-27-22(29)15-26)19-11-7-8-12-21(19)28(17)16-18-9-5-4-6-10-18/h4-12,20,24H,13-16H2,1-3H3,(H,27,29)/t20-,24+/m0/s1. The van der Waals surface area contributed by atoms with Crippen LogP contribution in [0.2, 0.25) is 0 Å². The third-order valence-corrected chi connectivity index (χ3v) is 6.97. The first-order chi connectivity index (χ1) is 13.9. The van der Waals surface area contributed by atoms with Crippen LogP contribution < -0.4 is 5.32 Å². The molecule has 1 aliphatic carbocycles. The highest BCUT2D eigenvalue weighted by Gasteiger charge is 2.58. The lowest BCUT2D eigenvalue weighted by Crippen LogP contribution is -2.25. The first kappa shape index (κ1) is 20.0. The minimum Gasteiger partial charge on any atom is -0.355 e. The summed E-state index contributed by atoms with van der Waals surface area (Å²) in [5, 5.41) is 4.29. The van der Waals surface area contributed by atoms with Gasteiger partial charge in [0, 0.05) is 29.7 Å². The molecule has 2 aromatic carbocycles. The minimum atomic E-state index is -0.0858. The van der Waals surface area contributed by atoms with Crippen LogP contribution >= 0.6 is 11.6 Å². The van der Waals surface area contributed by atoms with Crippen molar-refractivity contribution in [2.75, 3.05) is 12.4 Å². The highest BCUT2D eigenvalue weighted by Crippen LogP contribution is 2.67. The van der Waals surface area contributed by atoms with E-state index in [9.17, 15) is 4.79 Å². The SMILES string of the molecule is Cc1c([C@H]2[C@H](CCNC(=O)CCl)C2(C)C)c2ccccc2n1Cc1ccccc1. The Kier molecular flexibility index (Phi) is 5.44. The van der Waals surface area contributed by atoms with Crippen LogP contribution in [0, 0.1) is 18.3 Å². The molecule has 1 aliphatic rings. The number of aromatic nitrogens is 1. The van der Waals surface area contributed by atoms with E-state index in [1.165, 1.54) is 27.7 Å². The van der Waals surface area contributed by atoms with Crippen molar-refractivity contribution in [3.63, 3.8) is 0 Å². The van der Waals surface area contributed by atoms with Crippen LogP contribution in [-0.2, 0) is 11.3 Å². The van der Waals surface area contributed by atoms with Crippen LogP contribution in [0.25, 0.3) is 10.9 Å². The van der Waals surface area contributed by atoms with Crippen LogP contribution in [0.15, 0.2) is 54.6 Å². The molecule has 3 nitrogen and oxygen atoms in total. The Morgan fingerprint density at radius 3 is 2.52 bits per heavy atom.